The maximum absolute atomic E-state index is 11.5. The quantitative estimate of drug-likeness (QED) is 0.553. The second kappa shape index (κ2) is 16.0. The minimum atomic E-state index is -0.225. The van der Waals surface area contributed by atoms with Gasteiger partial charge in [0.2, 0.25) is 0 Å². The van der Waals surface area contributed by atoms with Crippen LogP contribution in [0.2, 0.25) is 0 Å². The van der Waals surface area contributed by atoms with Gasteiger partial charge in [0, 0.05) is 31.4 Å². The summed E-state index contributed by atoms with van der Waals surface area (Å²) in [6.07, 6.45) is 11.8. The zero-order valence-corrected chi connectivity index (χ0v) is 18.9. The topological polar surface area (TPSA) is 85.0 Å². The van der Waals surface area contributed by atoms with E-state index in [1.807, 2.05) is 52.1 Å². The molecule has 6 heteroatoms. The monoisotopic (exact) mass is 412 g/mol. The molecular formula is C24H36N4O2. The van der Waals surface area contributed by atoms with Crippen LogP contribution in [0.25, 0.3) is 11.0 Å². The molecule has 0 saturated carbocycles. The molecule has 1 fully saturated rings. The van der Waals surface area contributed by atoms with Crippen molar-refractivity contribution in [2.75, 3.05) is 13.1 Å². The Kier molecular flexibility index (Phi) is 14.4. The van der Waals surface area contributed by atoms with Crippen molar-refractivity contribution in [1.82, 2.24) is 19.9 Å². The van der Waals surface area contributed by atoms with Gasteiger partial charge in [0.25, 0.3) is 5.56 Å². The Morgan fingerprint density at radius 2 is 1.77 bits per heavy atom. The molecule has 4 rings (SSSR count). The summed E-state index contributed by atoms with van der Waals surface area (Å²) in [5.41, 5.74) is 3.41. The summed E-state index contributed by atoms with van der Waals surface area (Å²) < 4.78 is 0. The van der Waals surface area contributed by atoms with Crippen LogP contribution in [-0.4, -0.2) is 44.2 Å². The molecule has 6 nitrogen and oxygen atoms in total. The van der Waals surface area contributed by atoms with E-state index in [1.54, 1.807) is 0 Å². The fraction of sp³-hybridized carbons (Fsp3) is 0.417. The lowest BCUT2D eigenvalue weighted by atomic mass is 10.2. The number of nitrogens with one attached hydrogen (secondary N) is 2. The zero-order chi connectivity index (χ0) is 22.9. The lowest BCUT2D eigenvalue weighted by Gasteiger charge is -2.13. The van der Waals surface area contributed by atoms with Crippen molar-refractivity contribution in [3.8, 4) is 12.8 Å². The molecule has 30 heavy (non-hydrogen) atoms. The number of aromatic nitrogens is 3. The Hall–Kier alpha value is -2.88. The number of hydrogen-bond donors (Lipinski definition) is 3. The van der Waals surface area contributed by atoms with Crippen LogP contribution < -0.4 is 5.56 Å². The number of likely N-dealkylation sites (tertiary alicyclic amines) is 1. The highest BCUT2D eigenvalue weighted by Gasteiger charge is 2.21. The van der Waals surface area contributed by atoms with E-state index in [2.05, 4.69) is 51.8 Å². The first kappa shape index (κ1) is 27.1. The first-order valence-electron chi connectivity index (χ1n) is 10.4. The molecule has 3 aromatic rings. The molecule has 1 aliphatic heterocycles. The predicted molar refractivity (Wildman–Crippen MR) is 126 cm³/mol. The van der Waals surface area contributed by atoms with E-state index in [-0.39, 0.29) is 11.7 Å². The third-order valence-corrected chi connectivity index (χ3v) is 4.13. The number of rotatable bonds is 2. The Morgan fingerprint density at radius 1 is 1.13 bits per heavy atom. The van der Waals surface area contributed by atoms with Gasteiger partial charge < -0.3 is 15.1 Å². The van der Waals surface area contributed by atoms with Gasteiger partial charge in [0.1, 0.15) is 5.52 Å². The van der Waals surface area contributed by atoms with Crippen molar-refractivity contribution in [3.05, 3.63) is 64.3 Å². The molecule has 1 aromatic carbocycles. The first-order valence-corrected chi connectivity index (χ1v) is 10.4. The number of aliphatic hydroxyl groups is 1. The Bertz CT molecular complexity index is 884. The van der Waals surface area contributed by atoms with Crippen LogP contribution in [0.1, 0.15) is 45.2 Å². The van der Waals surface area contributed by atoms with Gasteiger partial charge in [-0.3, -0.25) is 9.69 Å². The molecule has 164 valence electrons. The van der Waals surface area contributed by atoms with Crippen LogP contribution in [0.3, 0.4) is 0 Å². The standard InChI is InChI=1S/C11H14N4O2.C7H8.2C2H6.C2H2/c16-8-1-2-15(5-8)4-7-3-12-10-9(7)13-6-14-11(10)17;1-7-5-3-2-4-6-7;3*1-2/h3,6,8,12,16H,1-2,4-5H2,(H,13,14,17);2-6H,1H3;2*1-2H3;1-2H/t8-;;;;/m0..../s1. The second-order valence-corrected chi connectivity index (χ2v) is 6.10. The highest BCUT2D eigenvalue weighted by molar-refractivity contribution is 5.77. The molecule has 3 N–H and O–H groups in total. The summed E-state index contributed by atoms with van der Waals surface area (Å²) in [6, 6.07) is 10.3. The minimum Gasteiger partial charge on any atom is -0.392 e. The Morgan fingerprint density at radius 3 is 2.27 bits per heavy atom. The molecule has 0 radical (unpaired) electrons. The Labute approximate surface area is 180 Å². The number of terminal acetylenes is 1. The largest absolute Gasteiger partial charge is 0.392 e. The van der Waals surface area contributed by atoms with Crippen LogP contribution >= 0.6 is 0 Å². The van der Waals surface area contributed by atoms with Crippen molar-refractivity contribution < 1.29 is 5.11 Å². The number of benzene rings is 1. The number of aliphatic hydroxyl groups excluding tert-OH is 1. The van der Waals surface area contributed by atoms with E-state index in [1.165, 1.54) is 11.9 Å². The molecule has 1 atom stereocenters. The molecule has 2 aromatic heterocycles. The lowest BCUT2D eigenvalue weighted by molar-refractivity contribution is 0.175. The summed E-state index contributed by atoms with van der Waals surface area (Å²) in [5.74, 6) is 0. The molecule has 3 heterocycles. The molecule has 0 aliphatic carbocycles. The highest BCUT2D eigenvalue weighted by atomic mass is 16.3. The maximum Gasteiger partial charge on any atom is 0.275 e. The molecule has 0 amide bonds. The summed E-state index contributed by atoms with van der Waals surface area (Å²) in [4.78, 5) is 23.3. The smallest absolute Gasteiger partial charge is 0.275 e. The third kappa shape index (κ3) is 8.64. The van der Waals surface area contributed by atoms with Crippen molar-refractivity contribution in [3.63, 3.8) is 0 Å². The number of nitrogens with zero attached hydrogens (tertiary/aromatic N) is 2. The molecular weight excluding hydrogens is 376 g/mol. The average Bonchev–Trinajstić information content (AvgIpc) is 3.41. The van der Waals surface area contributed by atoms with Crippen molar-refractivity contribution in [2.45, 2.75) is 53.7 Å². The number of H-pyrrole nitrogens is 2. The summed E-state index contributed by atoms with van der Waals surface area (Å²) in [5, 5.41) is 9.47. The van der Waals surface area contributed by atoms with Crippen LogP contribution in [-0.2, 0) is 6.54 Å². The molecule has 0 spiro atoms. The van der Waals surface area contributed by atoms with Gasteiger partial charge in [-0.1, -0.05) is 63.6 Å². The normalized spacial score (nSPS) is 14.6. The number of aromatic amines is 2. The predicted octanol–water partition coefficient (Wildman–Crippen LogP) is 4.11. The SMILES string of the molecule is C#C.CC.CC.Cc1ccccc1.O=c1[nH]cnc2c(CN3CC[C@H](O)C3)c[nH]c12. The molecule has 0 unspecified atom stereocenters. The Balaban J connectivity index is 0.000000543. The maximum atomic E-state index is 11.5. The van der Waals surface area contributed by atoms with Gasteiger partial charge in [0.15, 0.2) is 0 Å². The van der Waals surface area contributed by atoms with Gasteiger partial charge in [-0.15, -0.1) is 12.8 Å². The van der Waals surface area contributed by atoms with Gasteiger partial charge >= 0.3 is 0 Å². The lowest BCUT2D eigenvalue weighted by Crippen LogP contribution is -2.21. The highest BCUT2D eigenvalue weighted by Crippen LogP contribution is 2.17. The van der Waals surface area contributed by atoms with Crippen molar-refractivity contribution >= 4 is 11.0 Å². The average molecular weight is 413 g/mol. The van der Waals surface area contributed by atoms with Gasteiger partial charge in [-0.25, -0.2) is 4.98 Å². The van der Waals surface area contributed by atoms with Gasteiger partial charge in [0.05, 0.1) is 17.9 Å². The van der Waals surface area contributed by atoms with E-state index in [0.717, 1.165) is 24.0 Å². The van der Waals surface area contributed by atoms with Crippen LogP contribution in [0, 0.1) is 19.8 Å². The van der Waals surface area contributed by atoms with Crippen LogP contribution in [0.5, 0.6) is 0 Å². The zero-order valence-electron chi connectivity index (χ0n) is 18.9. The molecule has 1 aliphatic rings. The van der Waals surface area contributed by atoms with Gasteiger partial charge in [-0.05, 0) is 13.3 Å². The second-order valence-electron chi connectivity index (χ2n) is 6.10. The van der Waals surface area contributed by atoms with E-state index in [4.69, 9.17) is 0 Å². The number of aryl methyl sites for hydroxylation is 1. The van der Waals surface area contributed by atoms with E-state index >= 15 is 0 Å². The van der Waals surface area contributed by atoms with E-state index in [9.17, 15) is 9.90 Å². The fourth-order valence-electron chi connectivity index (χ4n) is 2.86. The summed E-state index contributed by atoms with van der Waals surface area (Å²) in [7, 11) is 0. The van der Waals surface area contributed by atoms with Crippen LogP contribution in [0.4, 0.5) is 0 Å². The van der Waals surface area contributed by atoms with E-state index < -0.39 is 0 Å². The fourth-order valence-corrected chi connectivity index (χ4v) is 2.86. The van der Waals surface area contributed by atoms with Crippen LogP contribution in [0.15, 0.2) is 47.7 Å². The number of fused-ring (bicyclic) bond motifs is 1. The summed E-state index contributed by atoms with van der Waals surface area (Å²) in [6.45, 7) is 12.4. The number of β-amino-alcohol motifs (C(OH)–C–C–N with tert-alkyl or cyclic N) is 1. The number of hydrogen-bond acceptors (Lipinski definition) is 4. The minimum absolute atomic E-state index is 0.150. The van der Waals surface area contributed by atoms with E-state index in [0.29, 0.717) is 18.6 Å². The summed E-state index contributed by atoms with van der Waals surface area (Å²) >= 11 is 0. The van der Waals surface area contributed by atoms with Crippen molar-refractivity contribution in [1.29, 1.82) is 0 Å². The third-order valence-electron chi connectivity index (χ3n) is 4.13. The molecule has 1 saturated heterocycles. The van der Waals surface area contributed by atoms with Crippen molar-refractivity contribution in [2.24, 2.45) is 0 Å². The first-order chi connectivity index (χ1) is 14.6. The van der Waals surface area contributed by atoms with Gasteiger partial charge in [-0.2, -0.15) is 0 Å². The molecule has 0 bridgehead atoms.